The number of aryl methyl sites for hydroxylation is 1. The molecule has 218 valence electrons. The first kappa shape index (κ1) is 31.6. The Labute approximate surface area is 238 Å². The smallest absolute Gasteiger partial charge is 0.416 e. The van der Waals surface area contributed by atoms with E-state index in [9.17, 15) is 28.2 Å². The summed E-state index contributed by atoms with van der Waals surface area (Å²) >= 11 is 1.53. The van der Waals surface area contributed by atoms with Crippen molar-refractivity contribution in [3.63, 3.8) is 0 Å². The van der Waals surface area contributed by atoms with Crippen LogP contribution in [0, 0.1) is 0 Å². The monoisotopic (exact) mass is 576 g/mol. The molecule has 2 N–H and O–H groups in total. The molecule has 0 aliphatic heterocycles. The number of carbonyl (C=O) groups is 1. The van der Waals surface area contributed by atoms with Crippen LogP contribution in [-0.2, 0) is 30.5 Å². The number of hydrogen-bond acceptors (Lipinski definition) is 5. The summed E-state index contributed by atoms with van der Waals surface area (Å²) in [6.07, 6.45) is 8.00. The summed E-state index contributed by atoms with van der Waals surface area (Å²) in [5.41, 5.74) is 2.16. The molecule has 0 aliphatic rings. The standard InChI is InChI=1S/C31H39F3N2O3S/c1-2-3-4-5-6-7-8-9-10-11-27-22-40-30(35-27)24-14-15-25(28(37)18-24)20-36(21-29(38)39)19-23-12-16-26(17-13-23)31(32,33)34/h12-18,22,37H,2-11,19-21H2,1H3,(H,38,39). The SMILES string of the molecule is CCCCCCCCCCCc1csc(-c2ccc(CN(CC(=O)O)Cc3ccc(C(F)(F)F)cc3)c(O)c2)n1. The molecular weight excluding hydrogens is 537 g/mol. The number of carboxylic acid groups (broad SMARTS) is 1. The van der Waals surface area contributed by atoms with Crippen LogP contribution in [0.4, 0.5) is 13.2 Å². The zero-order chi connectivity index (χ0) is 29.0. The molecule has 9 heteroatoms. The first-order chi connectivity index (χ1) is 19.2. The fraction of sp³-hybridized carbons (Fsp3) is 0.484. The minimum absolute atomic E-state index is 0.0241. The predicted octanol–water partition coefficient (Wildman–Crippen LogP) is 8.69. The molecule has 0 fully saturated rings. The van der Waals surface area contributed by atoms with Gasteiger partial charge in [0.15, 0.2) is 0 Å². The molecule has 40 heavy (non-hydrogen) atoms. The Bertz CT molecular complexity index is 1200. The first-order valence-electron chi connectivity index (χ1n) is 14.0. The minimum atomic E-state index is -4.43. The quantitative estimate of drug-likeness (QED) is 0.157. The van der Waals surface area contributed by atoms with E-state index in [1.54, 1.807) is 17.0 Å². The van der Waals surface area contributed by atoms with Gasteiger partial charge in [0.25, 0.3) is 0 Å². The number of alkyl halides is 3. The molecule has 0 spiro atoms. The van der Waals surface area contributed by atoms with Crippen LogP contribution in [0.1, 0.15) is 87.1 Å². The van der Waals surface area contributed by atoms with Crippen LogP contribution in [0.5, 0.6) is 5.75 Å². The maximum absolute atomic E-state index is 12.9. The van der Waals surface area contributed by atoms with Gasteiger partial charge < -0.3 is 10.2 Å². The summed E-state index contributed by atoms with van der Waals surface area (Å²) in [7, 11) is 0. The van der Waals surface area contributed by atoms with Crippen LogP contribution in [0.2, 0.25) is 0 Å². The summed E-state index contributed by atoms with van der Waals surface area (Å²) in [4.78, 5) is 17.7. The third-order valence-electron chi connectivity index (χ3n) is 6.86. The Balaban J connectivity index is 1.54. The lowest BCUT2D eigenvalue weighted by molar-refractivity contribution is -0.139. The average molecular weight is 577 g/mol. The lowest BCUT2D eigenvalue weighted by Crippen LogP contribution is -2.29. The van der Waals surface area contributed by atoms with E-state index in [-0.39, 0.29) is 25.4 Å². The number of unbranched alkanes of at least 4 members (excludes halogenated alkanes) is 8. The molecule has 5 nitrogen and oxygen atoms in total. The van der Waals surface area contributed by atoms with E-state index in [4.69, 9.17) is 4.98 Å². The molecule has 2 aromatic carbocycles. The number of aliphatic carboxylic acids is 1. The molecule has 1 aromatic heterocycles. The summed E-state index contributed by atoms with van der Waals surface area (Å²) in [5, 5.41) is 22.9. The van der Waals surface area contributed by atoms with Gasteiger partial charge in [0.1, 0.15) is 10.8 Å². The van der Waals surface area contributed by atoms with Gasteiger partial charge in [-0.15, -0.1) is 11.3 Å². The molecule has 3 aromatic rings. The topological polar surface area (TPSA) is 73.7 Å². The Morgan fingerprint density at radius 1 is 0.925 bits per heavy atom. The Morgan fingerprint density at radius 3 is 2.17 bits per heavy atom. The van der Waals surface area contributed by atoms with Crippen molar-refractivity contribution in [1.29, 1.82) is 0 Å². The third-order valence-corrected chi connectivity index (χ3v) is 7.80. The van der Waals surface area contributed by atoms with E-state index in [0.29, 0.717) is 11.1 Å². The highest BCUT2D eigenvalue weighted by Gasteiger charge is 2.30. The lowest BCUT2D eigenvalue weighted by Gasteiger charge is -2.21. The summed E-state index contributed by atoms with van der Waals surface area (Å²) in [6, 6.07) is 9.89. The Kier molecular flexibility index (Phi) is 12.5. The molecule has 0 atom stereocenters. The minimum Gasteiger partial charge on any atom is -0.508 e. The molecule has 0 aliphatic carbocycles. The number of hydrogen-bond donors (Lipinski definition) is 2. The highest BCUT2D eigenvalue weighted by atomic mass is 32.1. The van der Waals surface area contributed by atoms with E-state index in [0.717, 1.165) is 41.2 Å². The number of benzene rings is 2. The number of carboxylic acids is 1. The molecule has 0 saturated carbocycles. The fourth-order valence-electron chi connectivity index (χ4n) is 4.66. The third kappa shape index (κ3) is 10.6. The second-order valence-electron chi connectivity index (χ2n) is 10.3. The number of halogens is 3. The molecule has 0 saturated heterocycles. The largest absolute Gasteiger partial charge is 0.508 e. The van der Waals surface area contributed by atoms with E-state index in [1.165, 1.54) is 74.8 Å². The van der Waals surface area contributed by atoms with Crippen molar-refractivity contribution in [3.05, 3.63) is 70.2 Å². The Hall–Kier alpha value is -2.91. The van der Waals surface area contributed by atoms with Crippen molar-refractivity contribution < 1.29 is 28.2 Å². The van der Waals surface area contributed by atoms with Gasteiger partial charge in [-0.05, 0) is 36.6 Å². The number of phenolic OH excluding ortho intramolecular Hbond substituents is 1. The van der Waals surface area contributed by atoms with Gasteiger partial charge in [-0.1, -0.05) is 82.6 Å². The van der Waals surface area contributed by atoms with Crippen LogP contribution < -0.4 is 0 Å². The van der Waals surface area contributed by atoms with E-state index >= 15 is 0 Å². The van der Waals surface area contributed by atoms with Crippen molar-refractivity contribution in [3.8, 4) is 16.3 Å². The highest BCUT2D eigenvalue weighted by Crippen LogP contribution is 2.31. The number of rotatable bonds is 17. The van der Waals surface area contributed by atoms with Crippen LogP contribution in [0.3, 0.4) is 0 Å². The van der Waals surface area contributed by atoms with Crippen LogP contribution in [-0.4, -0.2) is 32.6 Å². The lowest BCUT2D eigenvalue weighted by atomic mass is 10.1. The maximum Gasteiger partial charge on any atom is 0.416 e. The average Bonchev–Trinajstić information content (AvgIpc) is 3.37. The van der Waals surface area contributed by atoms with Gasteiger partial charge in [-0.25, -0.2) is 4.98 Å². The van der Waals surface area contributed by atoms with Crippen molar-refractivity contribution in [2.24, 2.45) is 0 Å². The molecule has 1 heterocycles. The Morgan fingerprint density at radius 2 is 1.57 bits per heavy atom. The zero-order valence-corrected chi connectivity index (χ0v) is 23.9. The summed E-state index contributed by atoms with van der Waals surface area (Å²) < 4.78 is 38.6. The normalized spacial score (nSPS) is 11.8. The zero-order valence-electron chi connectivity index (χ0n) is 23.1. The van der Waals surface area contributed by atoms with Gasteiger partial charge in [0, 0.05) is 29.6 Å². The second kappa shape index (κ2) is 15.8. The number of aromatic hydroxyl groups is 1. The number of nitrogens with zero attached hydrogens (tertiary/aromatic N) is 2. The predicted molar refractivity (Wildman–Crippen MR) is 153 cm³/mol. The number of phenols is 1. The maximum atomic E-state index is 12.9. The second-order valence-corrected chi connectivity index (χ2v) is 11.2. The first-order valence-corrected chi connectivity index (χ1v) is 14.9. The van der Waals surface area contributed by atoms with Gasteiger partial charge in [-0.3, -0.25) is 9.69 Å². The van der Waals surface area contributed by atoms with Gasteiger partial charge in [-0.2, -0.15) is 13.2 Å². The molecule has 0 amide bonds. The van der Waals surface area contributed by atoms with Crippen molar-refractivity contribution in [2.45, 2.75) is 90.4 Å². The van der Waals surface area contributed by atoms with Crippen LogP contribution in [0.15, 0.2) is 47.8 Å². The fourth-order valence-corrected chi connectivity index (χ4v) is 5.51. The van der Waals surface area contributed by atoms with E-state index < -0.39 is 17.7 Å². The van der Waals surface area contributed by atoms with Gasteiger partial charge in [0.05, 0.1) is 17.8 Å². The number of aromatic nitrogens is 1. The molecule has 0 unspecified atom stereocenters. The van der Waals surface area contributed by atoms with E-state index in [1.807, 2.05) is 6.07 Å². The molecule has 0 radical (unpaired) electrons. The van der Waals surface area contributed by atoms with Gasteiger partial charge in [0.2, 0.25) is 0 Å². The van der Waals surface area contributed by atoms with Crippen LogP contribution >= 0.6 is 11.3 Å². The molecule has 3 rings (SSSR count). The van der Waals surface area contributed by atoms with E-state index in [2.05, 4.69) is 12.3 Å². The molecule has 0 bridgehead atoms. The van der Waals surface area contributed by atoms with Crippen molar-refractivity contribution >= 4 is 17.3 Å². The van der Waals surface area contributed by atoms with Gasteiger partial charge >= 0.3 is 12.1 Å². The van der Waals surface area contributed by atoms with Crippen molar-refractivity contribution in [2.75, 3.05) is 6.54 Å². The summed E-state index contributed by atoms with van der Waals surface area (Å²) in [6.45, 7) is 2.16. The number of thiazole rings is 1. The molecular formula is C31H39F3N2O3S. The summed E-state index contributed by atoms with van der Waals surface area (Å²) in [5.74, 6) is -1.04. The van der Waals surface area contributed by atoms with Crippen LogP contribution in [0.25, 0.3) is 10.6 Å². The van der Waals surface area contributed by atoms with Crippen molar-refractivity contribution in [1.82, 2.24) is 9.88 Å². The highest BCUT2D eigenvalue weighted by molar-refractivity contribution is 7.13.